The summed E-state index contributed by atoms with van der Waals surface area (Å²) in [7, 11) is 3.33. The molecule has 0 spiro atoms. The highest BCUT2D eigenvalue weighted by Gasteiger charge is 2.51. The molecule has 4 saturated carbocycles. The molecule has 4 nitrogen and oxygen atoms in total. The van der Waals surface area contributed by atoms with Crippen molar-refractivity contribution in [2.75, 3.05) is 20.8 Å². The Hall–Kier alpha value is -1.49. The summed E-state index contributed by atoms with van der Waals surface area (Å²) < 4.78 is 10.7. The Balaban J connectivity index is 1.28. The number of methoxy groups -OCH3 is 2. The van der Waals surface area contributed by atoms with Gasteiger partial charge in [0.25, 0.3) is 0 Å². The molecular formula is C21H30N2O2S. The third kappa shape index (κ3) is 3.64. The molecule has 0 amide bonds. The summed E-state index contributed by atoms with van der Waals surface area (Å²) >= 11 is 5.63. The largest absolute Gasteiger partial charge is 0.493 e. The molecule has 5 rings (SSSR count). The van der Waals surface area contributed by atoms with Crippen LogP contribution in [-0.2, 0) is 6.42 Å². The molecule has 0 atom stereocenters. The van der Waals surface area contributed by atoms with Gasteiger partial charge in [-0.05, 0) is 92.6 Å². The molecule has 4 bridgehead atoms. The second kappa shape index (κ2) is 7.26. The van der Waals surface area contributed by atoms with Gasteiger partial charge in [0.1, 0.15) is 0 Å². The van der Waals surface area contributed by atoms with Crippen molar-refractivity contribution in [1.82, 2.24) is 10.6 Å². The average molecular weight is 375 g/mol. The molecule has 1 aromatic carbocycles. The first kappa shape index (κ1) is 17.9. The van der Waals surface area contributed by atoms with Gasteiger partial charge in [0, 0.05) is 12.1 Å². The van der Waals surface area contributed by atoms with Crippen molar-refractivity contribution in [3.63, 3.8) is 0 Å². The van der Waals surface area contributed by atoms with E-state index in [2.05, 4.69) is 16.7 Å². The zero-order valence-electron chi connectivity index (χ0n) is 15.8. The van der Waals surface area contributed by atoms with Crippen LogP contribution in [0.3, 0.4) is 0 Å². The van der Waals surface area contributed by atoms with Crippen molar-refractivity contribution in [3.05, 3.63) is 23.8 Å². The molecule has 5 heteroatoms. The average Bonchev–Trinajstić information content (AvgIpc) is 2.59. The molecule has 2 N–H and O–H groups in total. The maximum absolute atomic E-state index is 5.63. The fourth-order valence-electron chi connectivity index (χ4n) is 5.91. The zero-order valence-corrected chi connectivity index (χ0v) is 16.7. The minimum Gasteiger partial charge on any atom is -0.493 e. The van der Waals surface area contributed by atoms with E-state index in [1.165, 1.54) is 44.1 Å². The van der Waals surface area contributed by atoms with Gasteiger partial charge < -0.3 is 20.1 Å². The zero-order chi connectivity index (χ0) is 18.1. The number of ether oxygens (including phenoxy) is 2. The lowest BCUT2D eigenvalue weighted by molar-refractivity contribution is -0.0101. The molecule has 26 heavy (non-hydrogen) atoms. The van der Waals surface area contributed by atoms with E-state index in [1.54, 1.807) is 14.2 Å². The fourth-order valence-corrected chi connectivity index (χ4v) is 6.22. The summed E-state index contributed by atoms with van der Waals surface area (Å²) in [6.07, 6.45) is 9.23. The van der Waals surface area contributed by atoms with E-state index < -0.39 is 0 Å². The van der Waals surface area contributed by atoms with Gasteiger partial charge in [0.05, 0.1) is 14.2 Å². The van der Waals surface area contributed by atoms with Gasteiger partial charge in [0.2, 0.25) is 0 Å². The predicted octanol–water partition coefficient (Wildman–Crippen LogP) is 3.68. The Kier molecular flexibility index (Phi) is 5.00. The molecule has 0 unspecified atom stereocenters. The van der Waals surface area contributed by atoms with Crippen LogP contribution in [-0.4, -0.2) is 31.4 Å². The number of benzene rings is 1. The second-order valence-electron chi connectivity index (χ2n) is 8.52. The van der Waals surface area contributed by atoms with Crippen LogP contribution < -0.4 is 20.1 Å². The van der Waals surface area contributed by atoms with Crippen LogP contribution in [0.5, 0.6) is 11.5 Å². The summed E-state index contributed by atoms with van der Waals surface area (Å²) in [5.74, 6) is 4.34. The number of rotatable bonds is 6. The molecule has 4 aliphatic carbocycles. The molecule has 0 radical (unpaired) electrons. The van der Waals surface area contributed by atoms with E-state index in [1.807, 2.05) is 12.1 Å². The van der Waals surface area contributed by atoms with Crippen LogP contribution in [0.2, 0.25) is 0 Å². The first-order valence-corrected chi connectivity index (χ1v) is 10.3. The van der Waals surface area contributed by atoms with Crippen molar-refractivity contribution in [1.29, 1.82) is 0 Å². The summed E-state index contributed by atoms with van der Waals surface area (Å²) in [6.45, 7) is 0.827. The van der Waals surface area contributed by atoms with E-state index >= 15 is 0 Å². The topological polar surface area (TPSA) is 42.5 Å². The summed E-state index contributed by atoms with van der Waals surface area (Å²) in [4.78, 5) is 0. The van der Waals surface area contributed by atoms with Crippen molar-refractivity contribution in [2.24, 2.45) is 17.8 Å². The highest BCUT2D eigenvalue weighted by molar-refractivity contribution is 7.80. The Morgan fingerprint density at radius 3 is 2.23 bits per heavy atom. The van der Waals surface area contributed by atoms with Gasteiger partial charge in [-0.15, -0.1) is 0 Å². The smallest absolute Gasteiger partial charge is 0.166 e. The van der Waals surface area contributed by atoms with Crippen LogP contribution in [0.25, 0.3) is 0 Å². The fraction of sp³-hybridized carbons (Fsp3) is 0.667. The number of nitrogens with one attached hydrogen (secondary N) is 2. The molecule has 142 valence electrons. The molecule has 0 aromatic heterocycles. The van der Waals surface area contributed by atoms with Crippen LogP contribution >= 0.6 is 12.2 Å². The first-order chi connectivity index (χ1) is 12.6. The standard InChI is InChI=1S/C21H30N2O2S/c1-24-18-4-3-14(10-19(18)25-2)5-6-22-20(26)23-21-11-15-7-16(12-21)9-17(8-15)13-21/h3-4,10,15-17H,5-9,11-13H2,1-2H3,(H2,22,23,26). The SMILES string of the molecule is COc1ccc(CCNC(=S)NC23CC4CC(CC(C4)C2)C3)cc1OC. The van der Waals surface area contributed by atoms with E-state index in [4.69, 9.17) is 21.7 Å². The van der Waals surface area contributed by atoms with Crippen LogP contribution in [0.1, 0.15) is 44.1 Å². The molecule has 4 fully saturated rings. The maximum Gasteiger partial charge on any atom is 0.166 e. The van der Waals surface area contributed by atoms with E-state index in [0.717, 1.165) is 47.3 Å². The Morgan fingerprint density at radius 1 is 1.04 bits per heavy atom. The van der Waals surface area contributed by atoms with Gasteiger partial charge in [-0.25, -0.2) is 0 Å². The Morgan fingerprint density at radius 2 is 1.65 bits per heavy atom. The first-order valence-electron chi connectivity index (χ1n) is 9.86. The van der Waals surface area contributed by atoms with Gasteiger partial charge in [-0.1, -0.05) is 6.07 Å². The second-order valence-corrected chi connectivity index (χ2v) is 8.93. The minimum absolute atomic E-state index is 0.280. The maximum atomic E-state index is 5.63. The Labute approximate surface area is 162 Å². The van der Waals surface area contributed by atoms with E-state index in [0.29, 0.717) is 0 Å². The third-order valence-corrected chi connectivity index (χ3v) is 6.81. The lowest BCUT2D eigenvalue weighted by Crippen LogP contribution is -2.61. The summed E-state index contributed by atoms with van der Waals surface area (Å²) in [5, 5.41) is 7.97. The minimum atomic E-state index is 0.280. The predicted molar refractivity (Wildman–Crippen MR) is 108 cm³/mol. The highest BCUT2D eigenvalue weighted by Crippen LogP contribution is 2.55. The molecular weight excluding hydrogens is 344 g/mol. The quantitative estimate of drug-likeness (QED) is 0.744. The molecule has 1 aromatic rings. The summed E-state index contributed by atoms with van der Waals surface area (Å²) in [6, 6.07) is 6.08. The summed E-state index contributed by atoms with van der Waals surface area (Å²) in [5.41, 5.74) is 1.50. The number of hydrogen-bond donors (Lipinski definition) is 2. The van der Waals surface area contributed by atoms with Crippen molar-refractivity contribution in [3.8, 4) is 11.5 Å². The highest BCUT2D eigenvalue weighted by atomic mass is 32.1. The van der Waals surface area contributed by atoms with E-state index in [9.17, 15) is 0 Å². The molecule has 0 heterocycles. The van der Waals surface area contributed by atoms with Gasteiger partial charge >= 0.3 is 0 Å². The third-order valence-electron chi connectivity index (χ3n) is 6.56. The van der Waals surface area contributed by atoms with Gasteiger partial charge in [-0.3, -0.25) is 0 Å². The lowest BCUT2D eigenvalue weighted by Gasteiger charge is -2.57. The van der Waals surface area contributed by atoms with Gasteiger partial charge in [0.15, 0.2) is 16.6 Å². The molecule has 0 aliphatic heterocycles. The Bertz CT molecular complexity index is 641. The number of hydrogen-bond acceptors (Lipinski definition) is 3. The van der Waals surface area contributed by atoms with Crippen LogP contribution in [0, 0.1) is 17.8 Å². The van der Waals surface area contributed by atoms with Crippen molar-refractivity contribution < 1.29 is 9.47 Å². The van der Waals surface area contributed by atoms with Crippen molar-refractivity contribution >= 4 is 17.3 Å². The van der Waals surface area contributed by atoms with Gasteiger partial charge in [-0.2, -0.15) is 0 Å². The molecule has 4 aliphatic rings. The molecule has 0 saturated heterocycles. The van der Waals surface area contributed by atoms with E-state index in [-0.39, 0.29) is 5.54 Å². The van der Waals surface area contributed by atoms with Crippen LogP contribution in [0.15, 0.2) is 18.2 Å². The van der Waals surface area contributed by atoms with Crippen molar-refractivity contribution in [2.45, 2.75) is 50.5 Å². The normalized spacial score (nSPS) is 31.5. The van der Waals surface area contributed by atoms with Crippen LogP contribution in [0.4, 0.5) is 0 Å². The number of thiocarbonyl (C=S) groups is 1. The monoisotopic (exact) mass is 374 g/mol. The lowest BCUT2D eigenvalue weighted by atomic mass is 9.53.